The van der Waals surface area contributed by atoms with Crippen molar-refractivity contribution in [2.24, 2.45) is 5.92 Å². The van der Waals surface area contributed by atoms with Crippen LogP contribution in [0.5, 0.6) is 0 Å². The smallest absolute Gasteiger partial charge is 0.333 e. The maximum atomic E-state index is 11.0. The molecule has 2 atom stereocenters. The molecule has 0 aromatic heterocycles. The molecule has 0 saturated carbocycles. The number of ketones is 1. The number of carboxylic acids is 1. The number of hydrogen-bond donors (Lipinski definition) is 2. The summed E-state index contributed by atoms with van der Waals surface area (Å²) in [6.07, 6.45) is 0.176. The number of aliphatic carboxylic acids is 1. The van der Waals surface area contributed by atoms with E-state index in [4.69, 9.17) is 10.2 Å². The van der Waals surface area contributed by atoms with E-state index < -0.39 is 18.0 Å². The number of allylic oxidation sites excluding steroid dienone is 2. The van der Waals surface area contributed by atoms with E-state index in [9.17, 15) is 9.59 Å². The summed E-state index contributed by atoms with van der Waals surface area (Å²) in [4.78, 5) is 21.3. The largest absolute Gasteiger partial charge is 0.479 e. The fourth-order valence-electron chi connectivity index (χ4n) is 1.30. The molecule has 1 aliphatic carbocycles. The molecule has 12 heavy (non-hydrogen) atoms. The summed E-state index contributed by atoms with van der Waals surface area (Å²) < 4.78 is 0. The number of carbonyl (C=O) groups excluding carboxylic acids is 1. The zero-order chi connectivity index (χ0) is 9.30. The summed E-state index contributed by atoms with van der Waals surface area (Å²) in [5.41, 5.74) is 0.824. The lowest BCUT2D eigenvalue weighted by Gasteiger charge is -2.11. The molecular weight excluding hydrogens is 160 g/mol. The van der Waals surface area contributed by atoms with E-state index in [0.29, 0.717) is 6.42 Å². The van der Waals surface area contributed by atoms with Gasteiger partial charge in [0, 0.05) is 0 Å². The molecule has 0 bridgehead atoms. The van der Waals surface area contributed by atoms with Crippen molar-refractivity contribution in [2.75, 3.05) is 0 Å². The molecule has 4 heteroatoms. The van der Waals surface area contributed by atoms with Crippen LogP contribution in [0.15, 0.2) is 11.6 Å². The van der Waals surface area contributed by atoms with E-state index in [1.807, 2.05) is 0 Å². The highest BCUT2D eigenvalue weighted by Gasteiger charge is 2.34. The lowest BCUT2D eigenvalue weighted by Crippen LogP contribution is -2.32. The highest BCUT2D eigenvalue weighted by atomic mass is 16.4. The summed E-state index contributed by atoms with van der Waals surface area (Å²) in [6.45, 7) is 1.74. The molecular formula is C8H10O4. The molecule has 0 aromatic carbocycles. The Hall–Kier alpha value is -1.16. The first-order valence-electron chi connectivity index (χ1n) is 3.64. The van der Waals surface area contributed by atoms with Gasteiger partial charge in [-0.15, -0.1) is 0 Å². The number of carboxylic acid groups (broad SMARTS) is 1. The molecule has 66 valence electrons. The van der Waals surface area contributed by atoms with Crippen LogP contribution >= 0.6 is 0 Å². The minimum atomic E-state index is -1.56. The van der Waals surface area contributed by atoms with Crippen LogP contribution in [-0.4, -0.2) is 28.1 Å². The van der Waals surface area contributed by atoms with Crippen LogP contribution in [0.4, 0.5) is 0 Å². The molecule has 0 radical (unpaired) electrons. The van der Waals surface area contributed by atoms with E-state index in [1.165, 1.54) is 6.08 Å². The minimum absolute atomic E-state index is 0.289. The van der Waals surface area contributed by atoms with Gasteiger partial charge >= 0.3 is 5.97 Å². The third-order valence-electron chi connectivity index (χ3n) is 1.93. The first kappa shape index (κ1) is 8.93. The lowest BCUT2D eigenvalue weighted by atomic mass is 9.98. The molecule has 1 aliphatic rings. The molecule has 0 amide bonds. The van der Waals surface area contributed by atoms with Crippen molar-refractivity contribution in [1.29, 1.82) is 0 Å². The molecule has 1 rings (SSSR count). The van der Waals surface area contributed by atoms with Gasteiger partial charge < -0.3 is 10.2 Å². The van der Waals surface area contributed by atoms with E-state index in [1.54, 1.807) is 6.92 Å². The van der Waals surface area contributed by atoms with Gasteiger partial charge in [-0.3, -0.25) is 4.79 Å². The molecule has 0 spiro atoms. The Morgan fingerprint density at radius 3 is 2.67 bits per heavy atom. The lowest BCUT2D eigenvalue weighted by molar-refractivity contribution is -0.151. The van der Waals surface area contributed by atoms with Gasteiger partial charge in [-0.1, -0.05) is 5.57 Å². The Kier molecular flexibility index (Phi) is 2.28. The second kappa shape index (κ2) is 3.06. The maximum absolute atomic E-state index is 11.0. The van der Waals surface area contributed by atoms with Gasteiger partial charge in [0.05, 0.1) is 5.92 Å². The predicted molar refractivity (Wildman–Crippen MR) is 40.5 cm³/mol. The summed E-state index contributed by atoms with van der Waals surface area (Å²) in [5, 5.41) is 17.5. The number of aliphatic hydroxyl groups excluding tert-OH is 1. The fourth-order valence-corrected chi connectivity index (χ4v) is 1.30. The monoisotopic (exact) mass is 170 g/mol. The average Bonchev–Trinajstić information content (AvgIpc) is 2.28. The highest BCUT2D eigenvalue weighted by Crippen LogP contribution is 2.24. The van der Waals surface area contributed by atoms with Crippen molar-refractivity contribution in [1.82, 2.24) is 0 Å². The first-order chi connectivity index (χ1) is 5.52. The van der Waals surface area contributed by atoms with E-state index in [-0.39, 0.29) is 5.78 Å². The minimum Gasteiger partial charge on any atom is -0.479 e. The Morgan fingerprint density at radius 1 is 1.75 bits per heavy atom. The highest BCUT2D eigenvalue weighted by molar-refractivity contribution is 5.98. The molecule has 4 nitrogen and oxygen atoms in total. The SMILES string of the molecule is CC1=CC(=O)C(C(O)C(=O)O)C1. The van der Waals surface area contributed by atoms with Crippen molar-refractivity contribution in [3.8, 4) is 0 Å². The van der Waals surface area contributed by atoms with Crippen LogP contribution in [0.2, 0.25) is 0 Å². The van der Waals surface area contributed by atoms with Gasteiger partial charge in [0.1, 0.15) is 0 Å². The van der Waals surface area contributed by atoms with Gasteiger partial charge in [0.2, 0.25) is 0 Å². The molecule has 2 N–H and O–H groups in total. The third kappa shape index (κ3) is 1.53. The second-order valence-corrected chi connectivity index (χ2v) is 2.99. The van der Waals surface area contributed by atoms with Gasteiger partial charge in [0.15, 0.2) is 11.9 Å². The van der Waals surface area contributed by atoms with Gasteiger partial charge in [-0.2, -0.15) is 0 Å². The van der Waals surface area contributed by atoms with Crippen LogP contribution in [0.25, 0.3) is 0 Å². The van der Waals surface area contributed by atoms with Gasteiger partial charge in [-0.05, 0) is 19.4 Å². The Morgan fingerprint density at radius 2 is 2.33 bits per heavy atom. The molecule has 0 aliphatic heterocycles. The molecule has 2 unspecified atom stereocenters. The quantitative estimate of drug-likeness (QED) is 0.610. The van der Waals surface area contributed by atoms with Crippen molar-refractivity contribution in [3.63, 3.8) is 0 Å². The summed E-state index contributed by atoms with van der Waals surface area (Å²) >= 11 is 0. The van der Waals surface area contributed by atoms with Gasteiger partial charge in [-0.25, -0.2) is 4.79 Å². The number of aliphatic hydroxyl groups is 1. The summed E-state index contributed by atoms with van der Waals surface area (Å²) in [5.74, 6) is -2.40. The Bertz CT molecular complexity index is 254. The molecule has 0 saturated heterocycles. The fraction of sp³-hybridized carbons (Fsp3) is 0.500. The van der Waals surface area contributed by atoms with Gasteiger partial charge in [0.25, 0.3) is 0 Å². The molecule has 0 heterocycles. The van der Waals surface area contributed by atoms with Crippen molar-refractivity contribution in [3.05, 3.63) is 11.6 Å². The standard InChI is InChI=1S/C8H10O4/c1-4-2-5(6(9)3-4)7(10)8(11)12/h3,5,7,10H,2H2,1H3,(H,11,12). The zero-order valence-corrected chi connectivity index (χ0v) is 6.65. The maximum Gasteiger partial charge on any atom is 0.333 e. The second-order valence-electron chi connectivity index (χ2n) is 2.99. The van der Waals surface area contributed by atoms with Crippen LogP contribution in [-0.2, 0) is 9.59 Å². The normalized spacial score (nSPS) is 25.3. The Labute approximate surface area is 69.5 Å². The van der Waals surface area contributed by atoms with Crippen molar-refractivity contribution >= 4 is 11.8 Å². The molecule has 0 fully saturated rings. The van der Waals surface area contributed by atoms with Crippen molar-refractivity contribution in [2.45, 2.75) is 19.4 Å². The van der Waals surface area contributed by atoms with Crippen LogP contribution in [0.1, 0.15) is 13.3 Å². The average molecular weight is 170 g/mol. The predicted octanol–water partition coefficient (Wildman–Crippen LogP) is -0.0328. The summed E-state index contributed by atoms with van der Waals surface area (Å²) in [7, 11) is 0. The zero-order valence-electron chi connectivity index (χ0n) is 6.65. The van der Waals surface area contributed by atoms with Crippen LogP contribution in [0, 0.1) is 5.92 Å². The third-order valence-corrected chi connectivity index (χ3v) is 1.93. The summed E-state index contributed by atoms with van der Waals surface area (Å²) in [6, 6.07) is 0. The Balaban J connectivity index is 2.69. The van der Waals surface area contributed by atoms with Crippen molar-refractivity contribution < 1.29 is 19.8 Å². The number of hydrogen-bond acceptors (Lipinski definition) is 3. The topological polar surface area (TPSA) is 74.6 Å². The van der Waals surface area contributed by atoms with E-state index in [0.717, 1.165) is 5.57 Å². The van der Waals surface area contributed by atoms with E-state index in [2.05, 4.69) is 0 Å². The van der Waals surface area contributed by atoms with Crippen LogP contribution in [0.3, 0.4) is 0 Å². The first-order valence-corrected chi connectivity index (χ1v) is 3.64. The molecule has 0 aromatic rings. The number of rotatable bonds is 2. The number of carbonyl (C=O) groups is 2. The van der Waals surface area contributed by atoms with Crippen LogP contribution < -0.4 is 0 Å². The van der Waals surface area contributed by atoms with E-state index >= 15 is 0 Å².